The van der Waals surface area contributed by atoms with Crippen LogP contribution in [0, 0.1) is 0 Å². The van der Waals surface area contributed by atoms with E-state index in [1.807, 2.05) is 12.1 Å². The van der Waals surface area contributed by atoms with Crippen LogP contribution >= 0.6 is 0 Å². The average Bonchev–Trinajstić information content (AvgIpc) is 2.40. The second-order valence-corrected chi connectivity index (χ2v) is 4.91. The van der Waals surface area contributed by atoms with Crippen LogP contribution in [-0.4, -0.2) is 25.7 Å². The molecule has 1 atom stereocenters. The summed E-state index contributed by atoms with van der Waals surface area (Å²) in [6.07, 6.45) is 4.92. The van der Waals surface area contributed by atoms with E-state index in [0.29, 0.717) is 6.04 Å². The van der Waals surface area contributed by atoms with Gasteiger partial charge in [0, 0.05) is 18.8 Å². The van der Waals surface area contributed by atoms with Crippen LogP contribution in [0.1, 0.15) is 24.8 Å². The summed E-state index contributed by atoms with van der Waals surface area (Å²) >= 11 is 0. The molecule has 18 heavy (non-hydrogen) atoms. The number of primary amides is 1. The van der Waals surface area contributed by atoms with Crippen LogP contribution in [0.4, 0.5) is 10.5 Å². The Balaban J connectivity index is 1.96. The van der Waals surface area contributed by atoms with Crippen molar-refractivity contribution in [3.63, 3.8) is 0 Å². The van der Waals surface area contributed by atoms with E-state index in [2.05, 4.69) is 17.4 Å². The number of benzene rings is 1. The molecule has 0 aromatic heterocycles. The van der Waals surface area contributed by atoms with Gasteiger partial charge in [-0.1, -0.05) is 18.6 Å². The molecule has 1 fully saturated rings. The largest absolute Gasteiger partial charge is 0.351 e. The standard InChI is InChI=1S/C14H21N3O/c1-17(14(15)18)13-7-5-11(6-8-13)10-12-4-2-3-9-16-12/h5-8,12,16H,2-4,9-10H2,1H3,(H2,15,18). The molecule has 2 rings (SSSR count). The zero-order valence-electron chi connectivity index (χ0n) is 10.9. The highest BCUT2D eigenvalue weighted by Crippen LogP contribution is 2.17. The second kappa shape index (κ2) is 5.87. The van der Waals surface area contributed by atoms with Gasteiger partial charge in [0.1, 0.15) is 0 Å². The number of urea groups is 1. The monoisotopic (exact) mass is 247 g/mol. The number of hydrogen-bond donors (Lipinski definition) is 2. The Morgan fingerprint density at radius 3 is 2.67 bits per heavy atom. The quantitative estimate of drug-likeness (QED) is 0.857. The molecule has 1 aromatic carbocycles. The SMILES string of the molecule is CN(C(N)=O)c1ccc(CC2CCCCN2)cc1. The van der Waals surface area contributed by atoms with Crippen molar-refractivity contribution in [2.45, 2.75) is 31.7 Å². The van der Waals surface area contributed by atoms with E-state index in [1.165, 1.54) is 29.7 Å². The zero-order valence-corrected chi connectivity index (χ0v) is 10.9. The van der Waals surface area contributed by atoms with Gasteiger partial charge in [-0.25, -0.2) is 4.79 Å². The van der Waals surface area contributed by atoms with E-state index < -0.39 is 6.03 Å². The predicted molar refractivity (Wildman–Crippen MR) is 73.8 cm³/mol. The fourth-order valence-corrected chi connectivity index (χ4v) is 2.37. The molecular formula is C14H21N3O. The van der Waals surface area contributed by atoms with Gasteiger partial charge in [-0.2, -0.15) is 0 Å². The van der Waals surface area contributed by atoms with Gasteiger partial charge in [-0.15, -0.1) is 0 Å². The summed E-state index contributed by atoms with van der Waals surface area (Å²) in [5, 5.41) is 3.54. The number of nitrogens with zero attached hydrogens (tertiary/aromatic N) is 1. The van der Waals surface area contributed by atoms with Gasteiger partial charge in [-0.3, -0.25) is 4.90 Å². The first-order valence-corrected chi connectivity index (χ1v) is 6.52. The lowest BCUT2D eigenvalue weighted by Gasteiger charge is -2.23. The highest BCUT2D eigenvalue weighted by molar-refractivity contribution is 5.89. The van der Waals surface area contributed by atoms with Gasteiger partial charge in [0.05, 0.1) is 0 Å². The first kappa shape index (κ1) is 12.9. The molecule has 1 aromatic rings. The van der Waals surface area contributed by atoms with E-state index in [1.54, 1.807) is 7.05 Å². The fraction of sp³-hybridized carbons (Fsp3) is 0.500. The number of piperidine rings is 1. The second-order valence-electron chi connectivity index (χ2n) is 4.91. The van der Waals surface area contributed by atoms with Crippen LogP contribution in [0.3, 0.4) is 0 Å². The molecule has 1 saturated heterocycles. The Hall–Kier alpha value is -1.55. The van der Waals surface area contributed by atoms with Crippen molar-refractivity contribution in [2.75, 3.05) is 18.5 Å². The predicted octanol–water partition coefficient (Wildman–Crippen LogP) is 1.89. The first-order valence-electron chi connectivity index (χ1n) is 6.52. The maximum absolute atomic E-state index is 11.0. The smallest absolute Gasteiger partial charge is 0.318 e. The van der Waals surface area contributed by atoms with Crippen LogP contribution in [0.2, 0.25) is 0 Å². The molecule has 3 N–H and O–H groups in total. The Kier molecular flexibility index (Phi) is 4.20. The fourth-order valence-electron chi connectivity index (χ4n) is 2.37. The van der Waals surface area contributed by atoms with Gasteiger partial charge >= 0.3 is 6.03 Å². The van der Waals surface area contributed by atoms with Crippen LogP contribution in [0.25, 0.3) is 0 Å². The van der Waals surface area contributed by atoms with Crippen molar-refractivity contribution >= 4 is 11.7 Å². The molecule has 1 aliphatic rings. The van der Waals surface area contributed by atoms with Crippen molar-refractivity contribution in [3.05, 3.63) is 29.8 Å². The summed E-state index contributed by atoms with van der Waals surface area (Å²) < 4.78 is 0. The first-order chi connectivity index (χ1) is 8.66. The third-order valence-electron chi connectivity index (χ3n) is 3.55. The number of hydrogen-bond acceptors (Lipinski definition) is 2. The lowest BCUT2D eigenvalue weighted by atomic mass is 9.98. The normalized spacial score (nSPS) is 19.5. The van der Waals surface area contributed by atoms with E-state index >= 15 is 0 Å². The molecule has 0 radical (unpaired) electrons. The Labute approximate surface area is 108 Å². The number of nitrogens with one attached hydrogen (secondary N) is 1. The van der Waals surface area contributed by atoms with Crippen molar-refractivity contribution in [2.24, 2.45) is 5.73 Å². The maximum Gasteiger partial charge on any atom is 0.318 e. The Bertz CT molecular complexity index is 396. The number of amides is 2. The lowest BCUT2D eigenvalue weighted by molar-refractivity contribution is 0.255. The Morgan fingerprint density at radius 1 is 1.39 bits per heavy atom. The van der Waals surface area contributed by atoms with Crippen LogP contribution < -0.4 is 16.0 Å². The van der Waals surface area contributed by atoms with E-state index in [-0.39, 0.29) is 0 Å². The summed E-state index contributed by atoms with van der Waals surface area (Å²) in [6.45, 7) is 1.13. The van der Waals surface area contributed by atoms with Gasteiger partial charge in [0.25, 0.3) is 0 Å². The van der Waals surface area contributed by atoms with Crippen LogP contribution in [-0.2, 0) is 6.42 Å². The average molecular weight is 247 g/mol. The van der Waals surface area contributed by atoms with E-state index in [9.17, 15) is 4.79 Å². The van der Waals surface area contributed by atoms with Crippen molar-refractivity contribution < 1.29 is 4.79 Å². The minimum Gasteiger partial charge on any atom is -0.351 e. The minimum absolute atomic E-state index is 0.434. The summed E-state index contributed by atoms with van der Waals surface area (Å²) in [6, 6.07) is 8.21. The minimum atomic E-state index is -0.434. The summed E-state index contributed by atoms with van der Waals surface area (Å²) in [5.74, 6) is 0. The van der Waals surface area contributed by atoms with Gasteiger partial charge in [0.15, 0.2) is 0 Å². The third-order valence-corrected chi connectivity index (χ3v) is 3.55. The zero-order chi connectivity index (χ0) is 13.0. The molecule has 1 unspecified atom stereocenters. The highest BCUT2D eigenvalue weighted by Gasteiger charge is 2.13. The van der Waals surface area contributed by atoms with Gasteiger partial charge in [0.2, 0.25) is 0 Å². The number of nitrogens with two attached hydrogens (primary N) is 1. The molecule has 1 aliphatic heterocycles. The van der Waals surface area contributed by atoms with Crippen molar-refractivity contribution in [3.8, 4) is 0 Å². The molecule has 0 bridgehead atoms. The topological polar surface area (TPSA) is 58.4 Å². The third kappa shape index (κ3) is 3.23. The molecule has 98 valence electrons. The molecule has 0 aliphatic carbocycles. The number of carbonyl (C=O) groups is 1. The van der Waals surface area contributed by atoms with E-state index in [0.717, 1.165) is 18.7 Å². The van der Waals surface area contributed by atoms with Crippen molar-refractivity contribution in [1.82, 2.24) is 5.32 Å². The number of anilines is 1. The van der Waals surface area contributed by atoms with Crippen molar-refractivity contribution in [1.29, 1.82) is 0 Å². The van der Waals surface area contributed by atoms with Crippen LogP contribution in [0.15, 0.2) is 24.3 Å². The Morgan fingerprint density at radius 2 is 2.11 bits per heavy atom. The molecule has 4 nitrogen and oxygen atoms in total. The molecule has 0 saturated carbocycles. The number of rotatable bonds is 3. The summed E-state index contributed by atoms with van der Waals surface area (Å²) in [4.78, 5) is 12.5. The van der Waals surface area contributed by atoms with Gasteiger partial charge < -0.3 is 11.1 Å². The summed E-state index contributed by atoms with van der Waals surface area (Å²) in [7, 11) is 1.68. The van der Waals surface area contributed by atoms with Crippen LogP contribution in [0.5, 0.6) is 0 Å². The molecule has 1 heterocycles. The molecule has 2 amide bonds. The molecular weight excluding hydrogens is 226 g/mol. The summed E-state index contributed by atoms with van der Waals surface area (Å²) in [5.41, 5.74) is 7.37. The van der Waals surface area contributed by atoms with E-state index in [4.69, 9.17) is 5.73 Å². The highest BCUT2D eigenvalue weighted by atomic mass is 16.2. The lowest BCUT2D eigenvalue weighted by Crippen LogP contribution is -2.35. The maximum atomic E-state index is 11.0. The molecule has 0 spiro atoms. The molecule has 4 heteroatoms. The van der Waals surface area contributed by atoms with Gasteiger partial charge in [-0.05, 0) is 43.5 Å². The number of carbonyl (C=O) groups excluding carboxylic acids is 1.